The molecule has 29 heavy (non-hydrogen) atoms. The van der Waals surface area contributed by atoms with E-state index < -0.39 is 5.97 Å². The SMILES string of the molecule is CN(C)c1ccccc1C(NC(=O)Cc1ccc(C(=O)O)cc1)c1ccccc1. The van der Waals surface area contributed by atoms with Crippen LogP contribution < -0.4 is 10.2 Å². The number of hydrogen-bond donors (Lipinski definition) is 2. The van der Waals surface area contributed by atoms with Crippen LogP contribution in [-0.2, 0) is 11.2 Å². The number of aromatic carboxylic acids is 1. The van der Waals surface area contributed by atoms with Crippen molar-refractivity contribution >= 4 is 17.6 Å². The molecule has 0 aliphatic heterocycles. The molecule has 1 amide bonds. The predicted molar refractivity (Wildman–Crippen MR) is 114 cm³/mol. The molecule has 0 fully saturated rings. The molecule has 3 aromatic rings. The molecule has 3 aromatic carbocycles. The lowest BCUT2D eigenvalue weighted by Crippen LogP contribution is -2.31. The molecule has 5 nitrogen and oxygen atoms in total. The second kappa shape index (κ2) is 9.06. The summed E-state index contributed by atoms with van der Waals surface area (Å²) in [6.45, 7) is 0. The van der Waals surface area contributed by atoms with E-state index in [1.54, 1.807) is 12.1 Å². The Labute approximate surface area is 170 Å². The lowest BCUT2D eigenvalue weighted by Gasteiger charge is -2.25. The van der Waals surface area contributed by atoms with Crippen LogP contribution in [0.1, 0.15) is 33.1 Å². The highest BCUT2D eigenvalue weighted by atomic mass is 16.4. The van der Waals surface area contributed by atoms with Crippen molar-refractivity contribution < 1.29 is 14.7 Å². The summed E-state index contributed by atoms with van der Waals surface area (Å²) < 4.78 is 0. The van der Waals surface area contributed by atoms with Crippen LogP contribution in [0.5, 0.6) is 0 Å². The van der Waals surface area contributed by atoms with Crippen LogP contribution in [0.15, 0.2) is 78.9 Å². The Kier molecular flexibility index (Phi) is 6.29. The van der Waals surface area contributed by atoms with Crippen LogP contribution >= 0.6 is 0 Å². The minimum Gasteiger partial charge on any atom is -0.478 e. The molecule has 1 atom stereocenters. The molecule has 0 spiro atoms. The van der Waals surface area contributed by atoms with Gasteiger partial charge in [-0.2, -0.15) is 0 Å². The van der Waals surface area contributed by atoms with Crippen molar-refractivity contribution in [2.75, 3.05) is 19.0 Å². The lowest BCUT2D eigenvalue weighted by atomic mass is 9.96. The van der Waals surface area contributed by atoms with Crippen molar-refractivity contribution in [2.45, 2.75) is 12.5 Å². The first kappa shape index (κ1) is 20.1. The van der Waals surface area contributed by atoms with E-state index in [0.29, 0.717) is 0 Å². The molecule has 0 heterocycles. The molecular formula is C24H24N2O3. The van der Waals surface area contributed by atoms with E-state index in [-0.39, 0.29) is 23.9 Å². The van der Waals surface area contributed by atoms with Gasteiger partial charge in [0, 0.05) is 25.3 Å². The molecule has 0 saturated carbocycles. The molecule has 0 aliphatic rings. The Morgan fingerprint density at radius 1 is 0.897 bits per heavy atom. The van der Waals surface area contributed by atoms with Crippen LogP contribution in [-0.4, -0.2) is 31.1 Å². The number of benzene rings is 3. The number of carboxylic acid groups (broad SMARTS) is 1. The maximum absolute atomic E-state index is 12.8. The van der Waals surface area contributed by atoms with Crippen LogP contribution in [0.3, 0.4) is 0 Å². The van der Waals surface area contributed by atoms with Gasteiger partial charge >= 0.3 is 5.97 Å². The summed E-state index contributed by atoms with van der Waals surface area (Å²) >= 11 is 0. The first-order valence-corrected chi connectivity index (χ1v) is 9.38. The second-order valence-corrected chi connectivity index (χ2v) is 7.04. The second-order valence-electron chi connectivity index (χ2n) is 7.04. The van der Waals surface area contributed by atoms with Gasteiger partial charge in [0.15, 0.2) is 0 Å². The summed E-state index contributed by atoms with van der Waals surface area (Å²) in [5.41, 5.74) is 4.01. The summed E-state index contributed by atoms with van der Waals surface area (Å²) in [6.07, 6.45) is 0.174. The molecule has 148 valence electrons. The molecular weight excluding hydrogens is 364 g/mol. The Bertz CT molecular complexity index is 983. The average Bonchev–Trinajstić information content (AvgIpc) is 2.73. The number of carbonyl (C=O) groups excluding carboxylic acids is 1. The number of carbonyl (C=O) groups is 2. The monoisotopic (exact) mass is 388 g/mol. The van der Waals surface area contributed by atoms with Gasteiger partial charge in [0.25, 0.3) is 0 Å². The highest BCUT2D eigenvalue weighted by molar-refractivity contribution is 5.88. The quantitative estimate of drug-likeness (QED) is 0.644. The van der Waals surface area contributed by atoms with Gasteiger partial charge < -0.3 is 15.3 Å². The van der Waals surface area contributed by atoms with E-state index in [1.807, 2.05) is 73.6 Å². The normalized spacial score (nSPS) is 11.5. The summed E-state index contributed by atoms with van der Waals surface area (Å²) in [7, 11) is 3.96. The van der Waals surface area contributed by atoms with Crippen molar-refractivity contribution in [2.24, 2.45) is 0 Å². The van der Waals surface area contributed by atoms with Crippen molar-refractivity contribution in [1.82, 2.24) is 5.32 Å². The predicted octanol–water partition coefficient (Wildman–Crippen LogP) is 3.90. The summed E-state index contributed by atoms with van der Waals surface area (Å²) in [5.74, 6) is -1.11. The van der Waals surface area contributed by atoms with Crippen molar-refractivity contribution in [1.29, 1.82) is 0 Å². The van der Waals surface area contributed by atoms with Gasteiger partial charge in [-0.05, 0) is 29.3 Å². The third kappa shape index (κ3) is 5.02. The van der Waals surface area contributed by atoms with Gasteiger partial charge in [-0.1, -0.05) is 60.7 Å². The van der Waals surface area contributed by atoms with Crippen molar-refractivity contribution in [3.05, 3.63) is 101 Å². The molecule has 0 radical (unpaired) electrons. The minimum absolute atomic E-state index is 0.129. The smallest absolute Gasteiger partial charge is 0.335 e. The first-order chi connectivity index (χ1) is 14.0. The van der Waals surface area contributed by atoms with E-state index >= 15 is 0 Å². The third-order valence-electron chi connectivity index (χ3n) is 4.73. The maximum atomic E-state index is 12.8. The van der Waals surface area contributed by atoms with Gasteiger partial charge in [-0.3, -0.25) is 4.79 Å². The number of para-hydroxylation sites is 1. The molecule has 0 saturated heterocycles. The Morgan fingerprint density at radius 3 is 2.14 bits per heavy atom. The fraction of sp³-hybridized carbons (Fsp3) is 0.167. The standard InChI is InChI=1S/C24H24N2O3/c1-26(2)21-11-7-6-10-20(21)23(18-8-4-3-5-9-18)25-22(27)16-17-12-14-19(15-13-17)24(28)29/h3-15,23H,16H2,1-2H3,(H,25,27)(H,28,29). The van der Waals surface area contributed by atoms with E-state index in [4.69, 9.17) is 5.11 Å². The van der Waals surface area contributed by atoms with Gasteiger partial charge in [-0.15, -0.1) is 0 Å². The summed E-state index contributed by atoms with van der Waals surface area (Å²) in [4.78, 5) is 25.9. The number of amides is 1. The third-order valence-corrected chi connectivity index (χ3v) is 4.73. The number of nitrogens with one attached hydrogen (secondary N) is 1. The average molecular weight is 388 g/mol. The minimum atomic E-state index is -0.981. The van der Waals surface area contributed by atoms with Gasteiger partial charge in [0.1, 0.15) is 0 Å². The zero-order valence-corrected chi connectivity index (χ0v) is 16.5. The van der Waals surface area contributed by atoms with E-state index in [0.717, 1.165) is 22.4 Å². The van der Waals surface area contributed by atoms with Gasteiger partial charge in [0.05, 0.1) is 18.0 Å². The maximum Gasteiger partial charge on any atom is 0.335 e. The first-order valence-electron chi connectivity index (χ1n) is 9.38. The number of carboxylic acids is 1. The van der Waals surface area contributed by atoms with Crippen LogP contribution in [0.25, 0.3) is 0 Å². The Hall–Kier alpha value is -3.60. The van der Waals surface area contributed by atoms with E-state index in [1.165, 1.54) is 12.1 Å². The summed E-state index contributed by atoms with van der Waals surface area (Å²) in [6, 6.07) is 23.9. The molecule has 3 rings (SSSR count). The molecule has 1 unspecified atom stereocenters. The Balaban J connectivity index is 1.86. The molecule has 0 bridgehead atoms. The molecule has 2 N–H and O–H groups in total. The Morgan fingerprint density at radius 2 is 1.52 bits per heavy atom. The number of rotatable bonds is 7. The highest BCUT2D eigenvalue weighted by Gasteiger charge is 2.20. The van der Waals surface area contributed by atoms with Crippen LogP contribution in [0.2, 0.25) is 0 Å². The summed E-state index contributed by atoms with van der Waals surface area (Å²) in [5, 5.41) is 12.2. The van der Waals surface area contributed by atoms with E-state index in [9.17, 15) is 9.59 Å². The highest BCUT2D eigenvalue weighted by Crippen LogP contribution is 2.30. The van der Waals surface area contributed by atoms with Crippen LogP contribution in [0, 0.1) is 0 Å². The van der Waals surface area contributed by atoms with E-state index in [2.05, 4.69) is 5.32 Å². The van der Waals surface area contributed by atoms with Crippen LogP contribution in [0.4, 0.5) is 5.69 Å². The lowest BCUT2D eigenvalue weighted by molar-refractivity contribution is -0.120. The zero-order chi connectivity index (χ0) is 20.8. The largest absolute Gasteiger partial charge is 0.478 e. The fourth-order valence-electron chi connectivity index (χ4n) is 3.29. The van der Waals surface area contributed by atoms with Gasteiger partial charge in [-0.25, -0.2) is 4.79 Å². The number of nitrogens with zero attached hydrogens (tertiary/aromatic N) is 1. The molecule has 0 aliphatic carbocycles. The van der Waals surface area contributed by atoms with Crippen molar-refractivity contribution in [3.63, 3.8) is 0 Å². The number of hydrogen-bond acceptors (Lipinski definition) is 3. The molecule has 0 aromatic heterocycles. The number of anilines is 1. The van der Waals surface area contributed by atoms with Gasteiger partial charge in [0.2, 0.25) is 5.91 Å². The fourth-order valence-corrected chi connectivity index (χ4v) is 3.29. The zero-order valence-electron chi connectivity index (χ0n) is 16.5. The van der Waals surface area contributed by atoms with Crippen molar-refractivity contribution in [3.8, 4) is 0 Å². The molecule has 5 heteroatoms. The topological polar surface area (TPSA) is 69.6 Å².